The summed E-state index contributed by atoms with van der Waals surface area (Å²) in [4.78, 5) is 12.1. The maximum Gasteiger partial charge on any atom is 0.272 e. The van der Waals surface area contributed by atoms with Crippen LogP contribution in [0.1, 0.15) is 29.4 Å². The lowest BCUT2D eigenvalue weighted by molar-refractivity contribution is 0.101. The number of rotatable bonds is 3. The molecule has 1 heterocycles. The third kappa shape index (κ3) is 2.09. The lowest BCUT2D eigenvalue weighted by Crippen LogP contribution is -2.16. The van der Waals surface area contributed by atoms with Crippen LogP contribution in [0.15, 0.2) is 42.6 Å². The van der Waals surface area contributed by atoms with Gasteiger partial charge in [-0.15, -0.1) is 0 Å². The Morgan fingerprint density at radius 3 is 2.83 bits per heavy atom. The average molecular weight is 242 g/mol. The summed E-state index contributed by atoms with van der Waals surface area (Å²) in [6.45, 7) is 0. The summed E-state index contributed by atoms with van der Waals surface area (Å²) in [6.07, 6.45) is 4.22. The first-order chi connectivity index (χ1) is 8.74. The van der Waals surface area contributed by atoms with Gasteiger partial charge < -0.3 is 15.0 Å². The van der Waals surface area contributed by atoms with Gasteiger partial charge in [-0.25, -0.2) is 0 Å². The number of hydrogen-bond donors (Lipinski definition) is 2. The molecule has 0 aliphatic heterocycles. The Labute approximate surface area is 105 Å². The van der Waals surface area contributed by atoms with Crippen LogP contribution in [-0.4, -0.2) is 15.6 Å². The van der Waals surface area contributed by atoms with E-state index in [9.17, 15) is 9.90 Å². The number of aromatic hydroxyl groups is 1. The number of carbonyl (C=O) groups is 1. The molecular weight excluding hydrogens is 228 g/mol. The number of benzene rings is 1. The minimum absolute atomic E-state index is 0.141. The molecule has 18 heavy (non-hydrogen) atoms. The van der Waals surface area contributed by atoms with Crippen LogP contribution in [0, 0.1) is 0 Å². The van der Waals surface area contributed by atoms with Crippen LogP contribution in [0.3, 0.4) is 0 Å². The second kappa shape index (κ2) is 4.22. The Morgan fingerprint density at radius 2 is 2.11 bits per heavy atom. The van der Waals surface area contributed by atoms with Gasteiger partial charge in [0.2, 0.25) is 0 Å². The van der Waals surface area contributed by atoms with E-state index >= 15 is 0 Å². The highest BCUT2D eigenvalue weighted by Crippen LogP contribution is 2.36. The van der Waals surface area contributed by atoms with E-state index in [1.54, 1.807) is 18.2 Å². The molecule has 1 aromatic carbocycles. The highest BCUT2D eigenvalue weighted by Gasteiger charge is 2.26. The van der Waals surface area contributed by atoms with Gasteiger partial charge in [0.15, 0.2) is 0 Å². The number of carbonyl (C=O) groups excluding carboxylic acids is 1. The van der Waals surface area contributed by atoms with Gasteiger partial charge in [-0.3, -0.25) is 4.79 Å². The molecule has 0 bridgehead atoms. The molecule has 1 aliphatic carbocycles. The lowest BCUT2D eigenvalue weighted by Gasteiger charge is -2.08. The van der Waals surface area contributed by atoms with E-state index in [1.165, 1.54) is 6.07 Å². The van der Waals surface area contributed by atoms with Gasteiger partial charge in [-0.1, -0.05) is 6.07 Å². The standard InChI is InChI=1S/C14H14N2O2/c17-12-4-1-3-10(9-12)15-14(18)13-5-2-8-16(13)11-6-7-11/h1-5,8-9,11,17H,6-7H2,(H,15,18). The minimum atomic E-state index is -0.141. The van der Waals surface area contributed by atoms with Crippen molar-refractivity contribution in [3.8, 4) is 5.75 Å². The lowest BCUT2D eigenvalue weighted by atomic mass is 10.3. The number of anilines is 1. The number of aromatic nitrogens is 1. The van der Waals surface area contributed by atoms with Gasteiger partial charge in [0.05, 0.1) is 0 Å². The second-order valence-electron chi connectivity index (χ2n) is 4.54. The van der Waals surface area contributed by atoms with Crippen molar-refractivity contribution in [1.82, 2.24) is 4.57 Å². The van der Waals surface area contributed by atoms with Crippen molar-refractivity contribution in [2.75, 3.05) is 5.32 Å². The summed E-state index contributed by atoms with van der Waals surface area (Å²) in [5.41, 5.74) is 1.27. The van der Waals surface area contributed by atoms with Crippen LogP contribution >= 0.6 is 0 Å². The van der Waals surface area contributed by atoms with Crippen molar-refractivity contribution in [2.24, 2.45) is 0 Å². The number of amides is 1. The Balaban J connectivity index is 1.80. The maximum absolute atomic E-state index is 12.1. The minimum Gasteiger partial charge on any atom is -0.508 e. The van der Waals surface area contributed by atoms with Crippen LogP contribution in [0.2, 0.25) is 0 Å². The van der Waals surface area contributed by atoms with Crippen LogP contribution in [0.4, 0.5) is 5.69 Å². The molecule has 0 atom stereocenters. The summed E-state index contributed by atoms with van der Waals surface area (Å²) >= 11 is 0. The first kappa shape index (κ1) is 10.9. The molecule has 4 nitrogen and oxygen atoms in total. The quantitative estimate of drug-likeness (QED) is 0.869. The zero-order chi connectivity index (χ0) is 12.5. The zero-order valence-electron chi connectivity index (χ0n) is 9.84. The van der Waals surface area contributed by atoms with Gasteiger partial charge in [0, 0.05) is 24.0 Å². The summed E-state index contributed by atoms with van der Waals surface area (Å²) in [5.74, 6) is 0.00266. The Bertz CT molecular complexity index is 585. The highest BCUT2D eigenvalue weighted by molar-refractivity contribution is 6.03. The van der Waals surface area contributed by atoms with Gasteiger partial charge in [-0.05, 0) is 37.1 Å². The van der Waals surface area contributed by atoms with E-state index in [0.717, 1.165) is 12.8 Å². The van der Waals surface area contributed by atoms with Gasteiger partial charge in [0.1, 0.15) is 11.4 Å². The molecule has 1 saturated carbocycles. The Kier molecular flexibility index (Phi) is 2.55. The Morgan fingerprint density at radius 1 is 1.28 bits per heavy atom. The van der Waals surface area contributed by atoms with E-state index in [1.807, 2.05) is 22.9 Å². The van der Waals surface area contributed by atoms with Crippen molar-refractivity contribution in [3.05, 3.63) is 48.3 Å². The molecule has 4 heteroatoms. The van der Waals surface area contributed by atoms with Crippen molar-refractivity contribution < 1.29 is 9.90 Å². The van der Waals surface area contributed by atoms with Crippen LogP contribution < -0.4 is 5.32 Å². The molecule has 1 aliphatic rings. The second-order valence-corrected chi connectivity index (χ2v) is 4.54. The average Bonchev–Trinajstić information content (AvgIpc) is 3.06. The number of phenolic OH excluding ortho intramolecular Hbond substituents is 1. The van der Waals surface area contributed by atoms with Crippen LogP contribution in [-0.2, 0) is 0 Å². The number of nitrogens with zero attached hydrogens (tertiary/aromatic N) is 1. The van der Waals surface area contributed by atoms with Gasteiger partial charge in [0.25, 0.3) is 5.91 Å². The predicted molar refractivity (Wildman–Crippen MR) is 68.8 cm³/mol. The first-order valence-electron chi connectivity index (χ1n) is 6.01. The summed E-state index contributed by atoms with van der Waals surface area (Å²) in [5, 5.41) is 12.1. The highest BCUT2D eigenvalue weighted by atomic mass is 16.3. The fraction of sp³-hybridized carbons (Fsp3) is 0.214. The van der Waals surface area contributed by atoms with Crippen molar-refractivity contribution in [2.45, 2.75) is 18.9 Å². The topological polar surface area (TPSA) is 54.3 Å². The summed E-state index contributed by atoms with van der Waals surface area (Å²) in [7, 11) is 0. The Hall–Kier alpha value is -2.23. The molecule has 2 N–H and O–H groups in total. The molecule has 0 spiro atoms. The molecule has 92 valence electrons. The predicted octanol–water partition coefficient (Wildman–Crippen LogP) is 2.78. The SMILES string of the molecule is O=C(Nc1cccc(O)c1)c1cccn1C1CC1. The molecule has 1 aromatic heterocycles. The van der Waals surface area contributed by atoms with Crippen molar-refractivity contribution in [1.29, 1.82) is 0 Å². The van der Waals surface area contributed by atoms with E-state index < -0.39 is 0 Å². The van der Waals surface area contributed by atoms with Crippen molar-refractivity contribution >= 4 is 11.6 Å². The molecule has 0 radical (unpaired) electrons. The van der Waals surface area contributed by atoms with Crippen LogP contribution in [0.5, 0.6) is 5.75 Å². The first-order valence-corrected chi connectivity index (χ1v) is 6.01. The fourth-order valence-electron chi connectivity index (χ4n) is 2.04. The molecule has 1 amide bonds. The van der Waals surface area contributed by atoms with E-state index in [-0.39, 0.29) is 11.7 Å². The smallest absolute Gasteiger partial charge is 0.272 e. The van der Waals surface area contributed by atoms with Crippen molar-refractivity contribution in [3.63, 3.8) is 0 Å². The third-order valence-corrected chi connectivity index (χ3v) is 3.06. The monoisotopic (exact) mass is 242 g/mol. The molecular formula is C14H14N2O2. The summed E-state index contributed by atoms with van der Waals surface area (Å²) < 4.78 is 2.01. The fourth-order valence-corrected chi connectivity index (χ4v) is 2.04. The largest absolute Gasteiger partial charge is 0.508 e. The van der Waals surface area contributed by atoms with Crippen LogP contribution in [0.25, 0.3) is 0 Å². The number of nitrogens with one attached hydrogen (secondary N) is 1. The maximum atomic E-state index is 12.1. The molecule has 0 saturated heterocycles. The normalized spacial score (nSPS) is 14.4. The van der Waals surface area contributed by atoms with E-state index in [0.29, 0.717) is 17.4 Å². The molecule has 3 rings (SSSR count). The molecule has 0 unspecified atom stereocenters. The molecule has 2 aromatic rings. The van der Waals surface area contributed by atoms with E-state index in [2.05, 4.69) is 5.32 Å². The van der Waals surface area contributed by atoms with Gasteiger partial charge in [-0.2, -0.15) is 0 Å². The number of hydrogen-bond acceptors (Lipinski definition) is 2. The number of phenols is 1. The van der Waals surface area contributed by atoms with E-state index in [4.69, 9.17) is 0 Å². The molecule has 1 fully saturated rings. The zero-order valence-corrected chi connectivity index (χ0v) is 9.84. The third-order valence-electron chi connectivity index (χ3n) is 3.06. The van der Waals surface area contributed by atoms with Gasteiger partial charge >= 0.3 is 0 Å². The summed E-state index contributed by atoms with van der Waals surface area (Å²) in [6, 6.07) is 10.7.